The van der Waals surface area contributed by atoms with E-state index in [2.05, 4.69) is 22.6 Å². The minimum absolute atomic E-state index is 0.127. The zero-order chi connectivity index (χ0) is 35.4. The summed E-state index contributed by atoms with van der Waals surface area (Å²) in [6.45, 7) is 2.01. The van der Waals surface area contributed by atoms with E-state index in [4.69, 9.17) is 23.9 Å². The molecule has 1 aliphatic heterocycles. The number of carbonyl (C=O) groups is 2. The first kappa shape index (κ1) is 34.6. The lowest BCUT2D eigenvalue weighted by Crippen LogP contribution is -2.40. The van der Waals surface area contributed by atoms with E-state index < -0.39 is 18.0 Å². The fourth-order valence-corrected chi connectivity index (χ4v) is 7.41. The van der Waals surface area contributed by atoms with Crippen molar-refractivity contribution in [2.45, 2.75) is 19.6 Å². The maximum absolute atomic E-state index is 14.3. The number of aromatic nitrogens is 1. The maximum Gasteiger partial charge on any atom is 0.338 e. The van der Waals surface area contributed by atoms with E-state index >= 15 is 0 Å². The van der Waals surface area contributed by atoms with Crippen LogP contribution in [0.1, 0.15) is 45.6 Å². The molecule has 50 heavy (non-hydrogen) atoms. The van der Waals surface area contributed by atoms with E-state index in [1.807, 2.05) is 48.5 Å². The Morgan fingerprint density at radius 2 is 1.76 bits per heavy atom. The molecular weight excluding hydrogens is 771 g/mol. The topological polar surface area (TPSA) is 126 Å². The van der Waals surface area contributed by atoms with E-state index in [-0.39, 0.29) is 29.9 Å². The summed E-state index contributed by atoms with van der Waals surface area (Å²) < 4.78 is 25.5. The van der Waals surface area contributed by atoms with Gasteiger partial charge >= 0.3 is 11.9 Å². The largest absolute Gasteiger partial charge is 0.497 e. The number of ether oxygens (including phenoxy) is 4. The third kappa shape index (κ3) is 7.07. The molecule has 12 heteroatoms. The van der Waals surface area contributed by atoms with Crippen molar-refractivity contribution in [3.63, 3.8) is 0 Å². The minimum Gasteiger partial charge on any atom is -0.497 e. The average Bonchev–Trinajstić information content (AvgIpc) is 3.44. The molecule has 5 aromatic rings. The fraction of sp³-hybridized carbons (Fsp3) is 0.158. The van der Waals surface area contributed by atoms with Crippen LogP contribution in [0.5, 0.6) is 17.2 Å². The molecule has 6 rings (SSSR count). The molecule has 2 heterocycles. The van der Waals surface area contributed by atoms with Gasteiger partial charge in [-0.1, -0.05) is 65.9 Å². The summed E-state index contributed by atoms with van der Waals surface area (Å²) in [4.78, 5) is 44.8. The average molecular weight is 803 g/mol. The van der Waals surface area contributed by atoms with Crippen LogP contribution in [0, 0.1) is 3.57 Å². The Balaban J connectivity index is 1.47. The van der Waals surface area contributed by atoms with Crippen LogP contribution in [0.25, 0.3) is 11.8 Å². The van der Waals surface area contributed by atoms with Gasteiger partial charge in [-0.2, -0.15) is 0 Å². The predicted molar refractivity (Wildman–Crippen MR) is 197 cm³/mol. The molecule has 1 N–H and O–H groups in total. The highest BCUT2D eigenvalue weighted by Crippen LogP contribution is 2.37. The van der Waals surface area contributed by atoms with Crippen molar-refractivity contribution in [2.24, 2.45) is 4.99 Å². The quantitative estimate of drug-likeness (QED) is 0.131. The number of rotatable bonds is 11. The third-order valence-corrected chi connectivity index (χ3v) is 9.67. The van der Waals surface area contributed by atoms with E-state index in [1.165, 1.54) is 29.1 Å². The standard InChI is InChI=1S/C38H31IN2O8S/c1-4-48-37(45)31-32(24-11-6-5-7-12-24)40-38-41(33(31)25-13-9-15-27(20-25)46-2)35(42)30(50-38)19-23-17-28(39)34(29(18-23)47-3)49-21-22-10-8-14-26(16-22)36(43)44/h5-20,33H,4,21H2,1-3H3,(H,43,44)/b30-19-/t33-/m1/s1. The summed E-state index contributed by atoms with van der Waals surface area (Å²) in [6.07, 6.45) is 1.76. The Morgan fingerprint density at radius 1 is 0.980 bits per heavy atom. The van der Waals surface area contributed by atoms with Crippen molar-refractivity contribution in [3.8, 4) is 17.2 Å². The van der Waals surface area contributed by atoms with Gasteiger partial charge < -0.3 is 24.1 Å². The Hall–Kier alpha value is -5.21. The molecule has 0 amide bonds. The Labute approximate surface area is 304 Å². The molecule has 0 saturated carbocycles. The first-order chi connectivity index (χ1) is 24.2. The molecule has 254 valence electrons. The monoisotopic (exact) mass is 802 g/mol. The van der Waals surface area contributed by atoms with Gasteiger partial charge in [-0.15, -0.1) is 0 Å². The van der Waals surface area contributed by atoms with Gasteiger partial charge in [0.1, 0.15) is 12.4 Å². The summed E-state index contributed by atoms with van der Waals surface area (Å²) in [7, 11) is 3.09. The van der Waals surface area contributed by atoms with E-state index in [0.29, 0.717) is 54.5 Å². The van der Waals surface area contributed by atoms with E-state index in [1.54, 1.807) is 56.5 Å². The van der Waals surface area contributed by atoms with Gasteiger partial charge in [0.25, 0.3) is 5.56 Å². The Kier molecular flexibility index (Phi) is 10.5. The van der Waals surface area contributed by atoms with E-state index in [0.717, 1.165) is 3.57 Å². The van der Waals surface area contributed by atoms with Crippen LogP contribution in [0.2, 0.25) is 0 Å². The Morgan fingerprint density at radius 3 is 2.48 bits per heavy atom. The number of nitrogens with zero attached hydrogens (tertiary/aromatic N) is 2. The lowest BCUT2D eigenvalue weighted by atomic mass is 9.93. The fourth-order valence-electron chi connectivity index (χ4n) is 5.63. The molecule has 0 aliphatic carbocycles. The smallest absolute Gasteiger partial charge is 0.338 e. The van der Waals surface area contributed by atoms with Crippen LogP contribution in [-0.4, -0.2) is 42.4 Å². The SMILES string of the molecule is CCOC(=O)C1=C(c2ccccc2)N=c2s/c(=C\c3cc(I)c(OCc4cccc(C(=O)O)c4)c(OC)c3)c(=O)n2[C@@H]1c1cccc(OC)c1. The van der Waals surface area contributed by atoms with Gasteiger partial charge in [-0.05, 0) is 88.7 Å². The third-order valence-electron chi connectivity index (χ3n) is 7.89. The van der Waals surface area contributed by atoms with Crippen LogP contribution in [0.3, 0.4) is 0 Å². The molecular formula is C38H31IN2O8S. The van der Waals surface area contributed by atoms with Crippen molar-refractivity contribution < 1.29 is 33.6 Å². The molecule has 10 nitrogen and oxygen atoms in total. The molecule has 1 atom stereocenters. The van der Waals surface area contributed by atoms with Crippen molar-refractivity contribution in [1.29, 1.82) is 0 Å². The van der Waals surface area contributed by atoms with Crippen molar-refractivity contribution in [3.05, 3.63) is 148 Å². The molecule has 0 fully saturated rings. The number of aromatic carboxylic acids is 1. The second-order valence-corrected chi connectivity index (χ2v) is 13.2. The van der Waals surface area contributed by atoms with Crippen LogP contribution in [-0.2, 0) is 16.1 Å². The number of esters is 1. The number of methoxy groups -OCH3 is 2. The molecule has 0 radical (unpaired) electrons. The van der Waals surface area contributed by atoms with Crippen molar-refractivity contribution >= 4 is 57.6 Å². The van der Waals surface area contributed by atoms with Gasteiger partial charge in [-0.3, -0.25) is 9.36 Å². The molecule has 0 saturated heterocycles. The molecule has 1 aromatic heterocycles. The number of fused-ring (bicyclic) bond motifs is 1. The highest BCUT2D eigenvalue weighted by molar-refractivity contribution is 14.1. The van der Waals surface area contributed by atoms with Gasteiger partial charge in [0.05, 0.1) is 51.8 Å². The molecule has 0 bridgehead atoms. The van der Waals surface area contributed by atoms with Crippen molar-refractivity contribution in [1.82, 2.24) is 4.57 Å². The van der Waals surface area contributed by atoms with Gasteiger partial charge in [0.15, 0.2) is 16.3 Å². The maximum atomic E-state index is 14.3. The number of benzene rings is 4. The summed E-state index contributed by atoms with van der Waals surface area (Å²) >= 11 is 3.35. The molecule has 0 spiro atoms. The first-order valence-electron chi connectivity index (χ1n) is 15.5. The first-order valence-corrected chi connectivity index (χ1v) is 17.4. The van der Waals surface area contributed by atoms with Gasteiger partial charge in [0, 0.05) is 5.56 Å². The number of carboxylic acid groups (broad SMARTS) is 1. The summed E-state index contributed by atoms with van der Waals surface area (Å²) in [5.74, 6) is -0.0872. The predicted octanol–water partition coefficient (Wildman–Crippen LogP) is 5.83. The van der Waals surface area contributed by atoms with Crippen LogP contribution >= 0.6 is 33.9 Å². The number of thiazole rings is 1. The number of carbonyl (C=O) groups excluding carboxylic acids is 1. The highest BCUT2D eigenvalue weighted by Gasteiger charge is 2.35. The number of carboxylic acids is 1. The Bertz CT molecular complexity index is 2310. The van der Waals surface area contributed by atoms with Gasteiger partial charge in [-0.25, -0.2) is 14.6 Å². The van der Waals surface area contributed by atoms with Crippen LogP contribution in [0.15, 0.2) is 106 Å². The summed E-state index contributed by atoms with van der Waals surface area (Å²) in [5.41, 5.74) is 3.26. The second kappa shape index (κ2) is 15.1. The summed E-state index contributed by atoms with van der Waals surface area (Å²) in [5, 5.41) is 9.34. The van der Waals surface area contributed by atoms with Gasteiger partial charge in [0.2, 0.25) is 0 Å². The van der Waals surface area contributed by atoms with Crippen LogP contribution < -0.4 is 29.1 Å². The molecule has 1 aliphatic rings. The van der Waals surface area contributed by atoms with Crippen molar-refractivity contribution in [2.75, 3.05) is 20.8 Å². The summed E-state index contributed by atoms with van der Waals surface area (Å²) in [6, 6.07) is 25.9. The van der Waals surface area contributed by atoms with Crippen LogP contribution in [0.4, 0.5) is 0 Å². The highest BCUT2D eigenvalue weighted by atomic mass is 127. The zero-order valence-electron chi connectivity index (χ0n) is 27.2. The van der Waals surface area contributed by atoms with E-state index in [9.17, 15) is 19.5 Å². The lowest BCUT2D eigenvalue weighted by molar-refractivity contribution is -0.138. The molecule has 0 unspecified atom stereocenters. The number of hydrogen-bond acceptors (Lipinski definition) is 9. The second-order valence-electron chi connectivity index (χ2n) is 11.0. The normalized spacial score (nSPS) is 14.1. The zero-order valence-corrected chi connectivity index (χ0v) is 30.2. The minimum atomic E-state index is -1.02. The lowest BCUT2D eigenvalue weighted by Gasteiger charge is -2.26. The number of hydrogen-bond donors (Lipinski definition) is 1. The molecule has 4 aromatic carbocycles. The number of halogens is 1.